The minimum absolute atomic E-state index is 0.166. The van der Waals surface area contributed by atoms with E-state index in [1.165, 1.54) is 18.3 Å². The highest BCUT2D eigenvalue weighted by Crippen LogP contribution is 2.29. The Kier molecular flexibility index (Phi) is 5.78. The van der Waals surface area contributed by atoms with E-state index in [9.17, 15) is 13.6 Å². The molecule has 0 spiro atoms. The van der Waals surface area contributed by atoms with Crippen molar-refractivity contribution in [1.29, 1.82) is 0 Å². The number of hydrogen-bond donors (Lipinski definition) is 0. The first-order valence-corrected chi connectivity index (χ1v) is 7.96. The smallest absolute Gasteiger partial charge is 0.273 e. The summed E-state index contributed by atoms with van der Waals surface area (Å²) in [6.45, 7) is 2.09. The maximum atomic E-state index is 12.5. The number of pyridine rings is 1. The monoisotopic (exact) mass is 316 g/mol. The van der Waals surface area contributed by atoms with E-state index in [0.29, 0.717) is 6.54 Å². The Morgan fingerprint density at radius 3 is 3.14 bits per heavy atom. The van der Waals surface area contributed by atoms with Crippen LogP contribution in [0, 0.1) is 0 Å². The van der Waals surface area contributed by atoms with E-state index in [1.54, 1.807) is 16.7 Å². The Morgan fingerprint density at radius 2 is 2.43 bits per heavy atom. The molecule has 2 heterocycles. The van der Waals surface area contributed by atoms with Crippen molar-refractivity contribution in [2.24, 2.45) is 0 Å². The van der Waals surface area contributed by atoms with Crippen LogP contribution in [0.25, 0.3) is 0 Å². The summed E-state index contributed by atoms with van der Waals surface area (Å²) in [6.07, 6.45) is 0.817. The maximum Gasteiger partial charge on any atom is 0.273 e. The summed E-state index contributed by atoms with van der Waals surface area (Å²) >= 11 is 1.76. The quantitative estimate of drug-likeness (QED) is 0.809. The van der Waals surface area contributed by atoms with Crippen molar-refractivity contribution in [2.45, 2.75) is 31.6 Å². The molecule has 1 saturated heterocycles. The Hall–Kier alpha value is -1.37. The van der Waals surface area contributed by atoms with Crippen LogP contribution >= 0.6 is 11.8 Å². The highest BCUT2D eigenvalue weighted by molar-refractivity contribution is 8.00. The fourth-order valence-electron chi connectivity index (χ4n) is 2.16. The van der Waals surface area contributed by atoms with E-state index in [-0.39, 0.29) is 22.7 Å². The molecule has 0 bridgehead atoms. The number of ether oxygens (including phenoxy) is 1. The van der Waals surface area contributed by atoms with Crippen molar-refractivity contribution in [3.8, 4) is 5.75 Å². The average molecular weight is 316 g/mol. The number of carbonyl (C=O) groups excluding carboxylic acids is 1. The first-order chi connectivity index (χ1) is 10.1. The Morgan fingerprint density at radius 1 is 1.62 bits per heavy atom. The normalized spacial score (nSPS) is 18.3. The van der Waals surface area contributed by atoms with Gasteiger partial charge in [0, 0.05) is 24.6 Å². The number of amides is 1. The highest BCUT2D eigenvalue weighted by Gasteiger charge is 2.30. The minimum Gasteiger partial charge on any atom is -0.488 e. The fourth-order valence-corrected chi connectivity index (χ4v) is 3.52. The number of thioether (sulfide) groups is 1. The topological polar surface area (TPSA) is 42.4 Å². The van der Waals surface area contributed by atoms with Gasteiger partial charge in [0.2, 0.25) is 0 Å². The molecule has 0 saturated carbocycles. The predicted molar refractivity (Wildman–Crippen MR) is 77.9 cm³/mol. The summed E-state index contributed by atoms with van der Waals surface area (Å²) in [7, 11) is 0. The summed E-state index contributed by atoms with van der Waals surface area (Å²) in [5, 5.41) is 0.176. The van der Waals surface area contributed by atoms with Gasteiger partial charge in [-0.25, -0.2) is 8.78 Å². The van der Waals surface area contributed by atoms with Crippen LogP contribution in [0.4, 0.5) is 8.78 Å². The lowest BCUT2D eigenvalue weighted by atomic mass is 10.2. The van der Waals surface area contributed by atoms with Gasteiger partial charge in [0.15, 0.2) is 0 Å². The minimum atomic E-state index is -2.54. The highest BCUT2D eigenvalue weighted by atomic mass is 32.2. The molecule has 2 rings (SSSR count). The zero-order chi connectivity index (χ0) is 15.2. The lowest BCUT2D eigenvalue weighted by molar-refractivity contribution is 0.0747. The zero-order valence-corrected chi connectivity index (χ0v) is 12.6. The van der Waals surface area contributed by atoms with Crippen molar-refractivity contribution in [3.05, 3.63) is 24.0 Å². The number of rotatable bonds is 6. The van der Waals surface area contributed by atoms with Gasteiger partial charge in [-0.15, -0.1) is 11.8 Å². The third kappa shape index (κ3) is 4.30. The molecule has 1 aromatic rings. The van der Waals surface area contributed by atoms with E-state index in [0.717, 1.165) is 18.6 Å². The van der Waals surface area contributed by atoms with Gasteiger partial charge in [0.25, 0.3) is 12.3 Å². The van der Waals surface area contributed by atoms with Crippen molar-refractivity contribution in [2.75, 3.05) is 18.9 Å². The second-order valence-electron chi connectivity index (χ2n) is 4.69. The van der Waals surface area contributed by atoms with E-state index in [1.807, 2.05) is 0 Å². The molecule has 4 nitrogen and oxygen atoms in total. The zero-order valence-electron chi connectivity index (χ0n) is 11.8. The second kappa shape index (κ2) is 7.59. The lowest BCUT2D eigenvalue weighted by Gasteiger charge is -2.23. The van der Waals surface area contributed by atoms with E-state index < -0.39 is 13.0 Å². The van der Waals surface area contributed by atoms with Gasteiger partial charge in [0.05, 0.1) is 5.37 Å². The van der Waals surface area contributed by atoms with Crippen molar-refractivity contribution in [3.63, 3.8) is 0 Å². The molecule has 1 aliphatic heterocycles. The molecule has 1 atom stereocenters. The molecule has 0 radical (unpaired) electrons. The SMILES string of the molecule is CCC[C@H]1SCCN1C(=O)c1cc(OCC(F)F)ccn1. The molecule has 1 fully saturated rings. The van der Waals surface area contributed by atoms with Gasteiger partial charge in [-0.2, -0.15) is 0 Å². The number of hydrogen-bond acceptors (Lipinski definition) is 4. The van der Waals surface area contributed by atoms with Crippen LogP contribution in [0.3, 0.4) is 0 Å². The molecule has 7 heteroatoms. The number of aromatic nitrogens is 1. The predicted octanol–water partition coefficient (Wildman–Crippen LogP) is 3.04. The maximum absolute atomic E-state index is 12.5. The van der Waals surface area contributed by atoms with Crippen LogP contribution in [-0.2, 0) is 0 Å². The summed E-state index contributed by atoms with van der Waals surface area (Å²) in [6, 6.07) is 2.90. The average Bonchev–Trinajstić information content (AvgIpc) is 2.93. The van der Waals surface area contributed by atoms with Crippen LogP contribution in [0.1, 0.15) is 30.3 Å². The molecule has 0 aliphatic carbocycles. The third-order valence-electron chi connectivity index (χ3n) is 3.11. The van der Waals surface area contributed by atoms with Crippen LogP contribution in [0.2, 0.25) is 0 Å². The van der Waals surface area contributed by atoms with Crippen LogP contribution in [0.5, 0.6) is 5.75 Å². The van der Waals surface area contributed by atoms with Gasteiger partial charge < -0.3 is 9.64 Å². The molecule has 116 valence electrons. The van der Waals surface area contributed by atoms with Gasteiger partial charge >= 0.3 is 0 Å². The largest absolute Gasteiger partial charge is 0.488 e. The summed E-state index contributed by atoms with van der Waals surface area (Å²) in [5.41, 5.74) is 0.241. The van der Waals surface area contributed by atoms with Gasteiger partial charge in [-0.3, -0.25) is 9.78 Å². The van der Waals surface area contributed by atoms with Crippen LogP contribution < -0.4 is 4.74 Å². The Bertz CT molecular complexity index is 488. The molecular weight excluding hydrogens is 298 g/mol. The molecule has 1 aromatic heterocycles. The van der Waals surface area contributed by atoms with E-state index >= 15 is 0 Å². The molecule has 0 N–H and O–H groups in total. The van der Waals surface area contributed by atoms with Gasteiger partial charge in [-0.05, 0) is 12.5 Å². The Balaban J connectivity index is 2.06. The number of carbonyl (C=O) groups is 1. The molecule has 21 heavy (non-hydrogen) atoms. The summed E-state index contributed by atoms with van der Waals surface area (Å²) in [4.78, 5) is 18.3. The van der Waals surface area contributed by atoms with E-state index in [4.69, 9.17) is 4.74 Å². The summed E-state index contributed by atoms with van der Waals surface area (Å²) < 4.78 is 29.2. The number of alkyl halides is 2. The fraction of sp³-hybridized carbons (Fsp3) is 0.571. The first-order valence-electron chi connectivity index (χ1n) is 6.91. The third-order valence-corrected chi connectivity index (χ3v) is 4.41. The molecular formula is C14H18F2N2O2S. The van der Waals surface area contributed by atoms with Crippen LogP contribution in [0.15, 0.2) is 18.3 Å². The molecule has 0 aromatic carbocycles. The first kappa shape index (κ1) is 16.0. The molecule has 1 amide bonds. The number of halogens is 2. The van der Waals surface area contributed by atoms with E-state index in [2.05, 4.69) is 11.9 Å². The second-order valence-corrected chi connectivity index (χ2v) is 5.98. The van der Waals surface area contributed by atoms with Gasteiger partial charge in [0.1, 0.15) is 18.1 Å². The summed E-state index contributed by atoms with van der Waals surface area (Å²) in [5.74, 6) is 0.992. The Labute approximate surface area is 126 Å². The molecule has 1 aliphatic rings. The van der Waals surface area contributed by atoms with Crippen molar-refractivity contribution in [1.82, 2.24) is 9.88 Å². The molecule has 0 unspecified atom stereocenters. The van der Waals surface area contributed by atoms with Crippen molar-refractivity contribution >= 4 is 17.7 Å². The van der Waals surface area contributed by atoms with Crippen molar-refractivity contribution < 1.29 is 18.3 Å². The number of nitrogens with zero attached hydrogens (tertiary/aromatic N) is 2. The van der Waals surface area contributed by atoms with Crippen LogP contribution in [-0.4, -0.2) is 46.5 Å². The van der Waals surface area contributed by atoms with Gasteiger partial charge in [-0.1, -0.05) is 13.3 Å². The lowest BCUT2D eigenvalue weighted by Crippen LogP contribution is -2.35. The standard InChI is InChI=1S/C14H18F2N2O2S/c1-2-3-13-18(6-7-21-13)14(19)11-8-10(4-5-17-11)20-9-12(15)16/h4-5,8,12-13H,2-3,6-7,9H2,1H3/t13-/m1/s1.